The highest BCUT2D eigenvalue weighted by Gasteiger charge is 2.14. The van der Waals surface area contributed by atoms with E-state index in [1.54, 1.807) is 29.0 Å². The molecule has 0 saturated carbocycles. The van der Waals surface area contributed by atoms with Crippen molar-refractivity contribution in [3.05, 3.63) is 78.5 Å². The minimum Gasteiger partial charge on any atom is -0.363 e. The molecule has 3 aromatic heterocycles. The molecule has 4 aromatic rings. The molecule has 130 valence electrons. The fourth-order valence-electron chi connectivity index (χ4n) is 2.97. The maximum Gasteiger partial charge on any atom is 0.157 e. The van der Waals surface area contributed by atoms with Crippen molar-refractivity contribution < 1.29 is 4.39 Å². The Morgan fingerprint density at radius 2 is 1.96 bits per heavy atom. The normalized spacial score (nSPS) is 12.2. The van der Waals surface area contributed by atoms with Crippen LogP contribution in [0.1, 0.15) is 24.9 Å². The SMILES string of the molecule is CC[C@@H](Nc1cc(-c2ccc(F)cc2)nc2ccnn12)c1cccnc1. The Balaban J connectivity index is 1.76. The first-order valence-electron chi connectivity index (χ1n) is 8.52. The van der Waals surface area contributed by atoms with Crippen molar-refractivity contribution in [3.8, 4) is 11.3 Å². The van der Waals surface area contributed by atoms with E-state index in [4.69, 9.17) is 0 Å². The highest BCUT2D eigenvalue weighted by Crippen LogP contribution is 2.26. The number of pyridine rings is 1. The molecule has 1 N–H and O–H groups in total. The molecule has 0 spiro atoms. The van der Waals surface area contributed by atoms with Crippen molar-refractivity contribution in [2.75, 3.05) is 5.32 Å². The van der Waals surface area contributed by atoms with Gasteiger partial charge in [-0.15, -0.1) is 0 Å². The van der Waals surface area contributed by atoms with Gasteiger partial charge in [-0.3, -0.25) is 4.98 Å². The largest absolute Gasteiger partial charge is 0.363 e. The van der Waals surface area contributed by atoms with Gasteiger partial charge in [-0.1, -0.05) is 13.0 Å². The summed E-state index contributed by atoms with van der Waals surface area (Å²) in [6.45, 7) is 2.12. The van der Waals surface area contributed by atoms with Gasteiger partial charge in [-0.25, -0.2) is 9.37 Å². The predicted molar refractivity (Wildman–Crippen MR) is 99.3 cm³/mol. The van der Waals surface area contributed by atoms with Crippen LogP contribution in [0.3, 0.4) is 0 Å². The lowest BCUT2D eigenvalue weighted by molar-refractivity contribution is 0.628. The van der Waals surface area contributed by atoms with Crippen LogP contribution in [0.4, 0.5) is 10.2 Å². The summed E-state index contributed by atoms with van der Waals surface area (Å²) in [5.41, 5.74) is 3.46. The monoisotopic (exact) mass is 347 g/mol. The first-order chi connectivity index (χ1) is 12.7. The van der Waals surface area contributed by atoms with Gasteiger partial charge < -0.3 is 5.32 Å². The molecule has 5 nitrogen and oxygen atoms in total. The van der Waals surface area contributed by atoms with Crippen molar-refractivity contribution >= 4 is 11.5 Å². The molecule has 4 rings (SSSR count). The summed E-state index contributed by atoms with van der Waals surface area (Å²) in [6.07, 6.45) is 6.24. The first kappa shape index (κ1) is 16.2. The van der Waals surface area contributed by atoms with Crippen LogP contribution in [0.5, 0.6) is 0 Å². The van der Waals surface area contributed by atoms with Crippen LogP contribution in [0.2, 0.25) is 0 Å². The molecule has 1 aromatic carbocycles. The van der Waals surface area contributed by atoms with Crippen molar-refractivity contribution in [1.82, 2.24) is 19.6 Å². The molecular formula is C20H18FN5. The Kier molecular flexibility index (Phi) is 4.31. The van der Waals surface area contributed by atoms with E-state index in [2.05, 4.69) is 33.4 Å². The Morgan fingerprint density at radius 1 is 1.12 bits per heavy atom. The summed E-state index contributed by atoms with van der Waals surface area (Å²) >= 11 is 0. The lowest BCUT2D eigenvalue weighted by atomic mass is 10.1. The molecule has 0 amide bonds. The molecule has 0 saturated heterocycles. The third-order valence-electron chi connectivity index (χ3n) is 4.32. The topological polar surface area (TPSA) is 55.1 Å². The van der Waals surface area contributed by atoms with Gasteiger partial charge in [0, 0.05) is 30.1 Å². The van der Waals surface area contributed by atoms with E-state index in [0.29, 0.717) is 0 Å². The highest BCUT2D eigenvalue weighted by atomic mass is 19.1. The van der Waals surface area contributed by atoms with Crippen molar-refractivity contribution in [2.24, 2.45) is 0 Å². The molecular weight excluding hydrogens is 329 g/mol. The zero-order valence-electron chi connectivity index (χ0n) is 14.3. The minimum atomic E-state index is -0.264. The van der Waals surface area contributed by atoms with Gasteiger partial charge in [0.1, 0.15) is 11.6 Å². The first-order valence-corrected chi connectivity index (χ1v) is 8.52. The van der Waals surface area contributed by atoms with E-state index in [9.17, 15) is 4.39 Å². The van der Waals surface area contributed by atoms with Crippen LogP contribution in [0, 0.1) is 5.82 Å². The average Bonchev–Trinajstić information content (AvgIpc) is 3.16. The number of hydrogen-bond donors (Lipinski definition) is 1. The van der Waals surface area contributed by atoms with Crippen LogP contribution in [-0.2, 0) is 0 Å². The smallest absolute Gasteiger partial charge is 0.157 e. The van der Waals surface area contributed by atoms with E-state index in [1.165, 1.54) is 12.1 Å². The third-order valence-corrected chi connectivity index (χ3v) is 4.32. The summed E-state index contributed by atoms with van der Waals surface area (Å²) in [4.78, 5) is 8.84. The standard InChI is InChI=1S/C20H18FN5/c1-2-17(15-4-3-10-22-13-15)24-20-12-18(14-5-7-16(21)8-6-14)25-19-9-11-23-26(19)20/h3-13,17,24H,2H2,1H3/t17-/m1/s1. The molecule has 26 heavy (non-hydrogen) atoms. The number of halogens is 1. The third kappa shape index (κ3) is 3.13. The predicted octanol–water partition coefficient (Wildman–Crippen LogP) is 4.49. The van der Waals surface area contributed by atoms with E-state index in [0.717, 1.165) is 34.7 Å². The highest BCUT2D eigenvalue weighted by molar-refractivity contribution is 5.66. The Bertz CT molecular complexity index is 1010. The lowest BCUT2D eigenvalue weighted by Crippen LogP contribution is -2.13. The van der Waals surface area contributed by atoms with Crippen LogP contribution < -0.4 is 5.32 Å². The maximum absolute atomic E-state index is 13.2. The molecule has 0 aliphatic heterocycles. The van der Waals surface area contributed by atoms with Gasteiger partial charge in [-0.05, 0) is 42.3 Å². The lowest BCUT2D eigenvalue weighted by Gasteiger charge is -2.19. The minimum absolute atomic E-state index is 0.0968. The molecule has 0 radical (unpaired) electrons. The molecule has 0 unspecified atom stereocenters. The van der Waals surface area contributed by atoms with Gasteiger partial charge in [0.05, 0.1) is 17.9 Å². The van der Waals surface area contributed by atoms with Gasteiger partial charge in [0.2, 0.25) is 0 Å². The van der Waals surface area contributed by atoms with Gasteiger partial charge in [-0.2, -0.15) is 9.61 Å². The molecule has 3 heterocycles. The van der Waals surface area contributed by atoms with E-state index in [-0.39, 0.29) is 11.9 Å². The van der Waals surface area contributed by atoms with Gasteiger partial charge >= 0.3 is 0 Å². The zero-order chi connectivity index (χ0) is 17.9. The molecule has 0 aliphatic carbocycles. The summed E-state index contributed by atoms with van der Waals surface area (Å²) in [6, 6.07) is 14.2. The quantitative estimate of drug-likeness (QED) is 0.578. The Morgan fingerprint density at radius 3 is 2.69 bits per heavy atom. The number of nitrogens with zero attached hydrogens (tertiary/aromatic N) is 4. The fourth-order valence-corrected chi connectivity index (χ4v) is 2.97. The number of rotatable bonds is 5. The number of aromatic nitrogens is 4. The molecule has 0 bridgehead atoms. The zero-order valence-corrected chi connectivity index (χ0v) is 14.3. The molecule has 0 aliphatic rings. The second kappa shape index (κ2) is 6.92. The van der Waals surface area contributed by atoms with E-state index in [1.807, 2.05) is 24.4 Å². The number of benzene rings is 1. The molecule has 6 heteroatoms. The summed E-state index contributed by atoms with van der Waals surface area (Å²) in [5, 5.41) is 7.91. The maximum atomic E-state index is 13.2. The Labute approximate surface area is 150 Å². The van der Waals surface area contributed by atoms with Crippen molar-refractivity contribution in [3.63, 3.8) is 0 Å². The number of anilines is 1. The van der Waals surface area contributed by atoms with E-state index < -0.39 is 0 Å². The number of hydrogen-bond acceptors (Lipinski definition) is 4. The number of fused-ring (bicyclic) bond motifs is 1. The molecule has 1 atom stereocenters. The van der Waals surface area contributed by atoms with Crippen LogP contribution in [0.15, 0.2) is 67.1 Å². The van der Waals surface area contributed by atoms with Crippen LogP contribution in [0.25, 0.3) is 16.9 Å². The Hall–Kier alpha value is -3.28. The van der Waals surface area contributed by atoms with Crippen LogP contribution >= 0.6 is 0 Å². The summed E-state index contributed by atoms with van der Waals surface area (Å²) in [7, 11) is 0. The second-order valence-corrected chi connectivity index (χ2v) is 6.03. The summed E-state index contributed by atoms with van der Waals surface area (Å²) < 4.78 is 15.0. The second-order valence-electron chi connectivity index (χ2n) is 6.03. The molecule has 0 fully saturated rings. The average molecular weight is 347 g/mol. The fraction of sp³-hybridized carbons (Fsp3) is 0.150. The van der Waals surface area contributed by atoms with Gasteiger partial charge in [0.25, 0.3) is 0 Å². The van der Waals surface area contributed by atoms with Crippen molar-refractivity contribution in [1.29, 1.82) is 0 Å². The number of nitrogens with one attached hydrogen (secondary N) is 1. The van der Waals surface area contributed by atoms with Crippen LogP contribution in [-0.4, -0.2) is 19.6 Å². The van der Waals surface area contributed by atoms with Crippen molar-refractivity contribution in [2.45, 2.75) is 19.4 Å². The van der Waals surface area contributed by atoms with E-state index >= 15 is 0 Å². The summed E-state index contributed by atoms with van der Waals surface area (Å²) in [5.74, 6) is 0.565. The van der Waals surface area contributed by atoms with Gasteiger partial charge in [0.15, 0.2) is 5.65 Å².